The lowest BCUT2D eigenvalue weighted by Gasteiger charge is -2.08. The molecule has 0 saturated heterocycles. The molecule has 4 heteroatoms. The van der Waals surface area contributed by atoms with E-state index in [4.69, 9.17) is 0 Å². The molecule has 1 rings (SSSR count). The third-order valence-electron chi connectivity index (χ3n) is 3.04. The summed E-state index contributed by atoms with van der Waals surface area (Å²) in [6.45, 7) is 4.38. The second-order valence-electron chi connectivity index (χ2n) is 4.46. The van der Waals surface area contributed by atoms with Gasteiger partial charge in [-0.3, -0.25) is 4.68 Å². The van der Waals surface area contributed by atoms with E-state index in [9.17, 15) is 0 Å². The Morgan fingerprint density at radius 2 is 2.00 bits per heavy atom. The summed E-state index contributed by atoms with van der Waals surface area (Å²) in [7, 11) is 2.04. The van der Waals surface area contributed by atoms with E-state index >= 15 is 0 Å². The Balaban J connectivity index is 2.49. The molecular weight excluding hydrogens is 344 g/mol. The maximum Gasteiger partial charge on any atom is 0.0766 e. The average Bonchev–Trinajstić information content (AvgIpc) is 2.56. The topological polar surface area (TPSA) is 17.8 Å². The minimum absolute atomic E-state index is 0.671. The number of alkyl halides is 1. The predicted molar refractivity (Wildman–Crippen MR) is 80.8 cm³/mol. The maximum absolute atomic E-state index is 4.52. The van der Waals surface area contributed by atoms with Crippen molar-refractivity contribution in [3.05, 3.63) is 15.9 Å². The number of rotatable bonds is 7. The highest BCUT2D eigenvalue weighted by atomic mass is 79.9. The highest BCUT2D eigenvalue weighted by molar-refractivity contribution is 9.10. The highest BCUT2D eigenvalue weighted by Crippen LogP contribution is 2.24. The fourth-order valence-corrected chi connectivity index (χ4v) is 3.64. The van der Waals surface area contributed by atoms with E-state index < -0.39 is 0 Å². The molecule has 0 fully saturated rings. The molecule has 1 aromatic heterocycles. The summed E-state index contributed by atoms with van der Waals surface area (Å²) in [5.41, 5.74) is 2.50. The predicted octanol–water partition coefficient (Wildman–Crippen LogP) is 4.63. The standard InChI is InChI=1S/C13H22Br2N2/c1-4-7-10(14)8-6-9-12-13(15)11(5-2)16-17(12)3/h10H,4-9H2,1-3H3. The molecule has 1 heterocycles. The van der Waals surface area contributed by atoms with Crippen LogP contribution in [0.5, 0.6) is 0 Å². The zero-order valence-electron chi connectivity index (χ0n) is 11.0. The number of hydrogen-bond acceptors (Lipinski definition) is 1. The molecule has 98 valence electrons. The van der Waals surface area contributed by atoms with Crippen LogP contribution >= 0.6 is 31.9 Å². The van der Waals surface area contributed by atoms with Gasteiger partial charge in [0.15, 0.2) is 0 Å². The summed E-state index contributed by atoms with van der Waals surface area (Å²) in [5.74, 6) is 0. The quantitative estimate of drug-likeness (QED) is 0.644. The van der Waals surface area contributed by atoms with Crippen LogP contribution in [-0.4, -0.2) is 14.6 Å². The van der Waals surface area contributed by atoms with Gasteiger partial charge in [-0.2, -0.15) is 5.10 Å². The van der Waals surface area contributed by atoms with E-state index in [1.165, 1.54) is 41.5 Å². The van der Waals surface area contributed by atoms with Crippen molar-refractivity contribution in [1.82, 2.24) is 9.78 Å². The van der Waals surface area contributed by atoms with Crippen LogP contribution in [0.1, 0.15) is 50.9 Å². The van der Waals surface area contributed by atoms with Gasteiger partial charge in [0.25, 0.3) is 0 Å². The molecule has 0 aliphatic carbocycles. The minimum Gasteiger partial charge on any atom is -0.271 e. The van der Waals surface area contributed by atoms with Crippen LogP contribution in [0.25, 0.3) is 0 Å². The number of aromatic nitrogens is 2. The molecule has 1 aromatic rings. The molecule has 0 N–H and O–H groups in total. The summed E-state index contributed by atoms with van der Waals surface area (Å²) in [6, 6.07) is 0. The molecule has 0 bridgehead atoms. The Morgan fingerprint density at radius 1 is 1.29 bits per heavy atom. The van der Waals surface area contributed by atoms with Crippen LogP contribution in [0.2, 0.25) is 0 Å². The summed E-state index contributed by atoms with van der Waals surface area (Å²) in [4.78, 5) is 0.671. The maximum atomic E-state index is 4.52. The monoisotopic (exact) mass is 364 g/mol. The van der Waals surface area contributed by atoms with Gasteiger partial charge in [0.1, 0.15) is 0 Å². The molecule has 1 atom stereocenters. The van der Waals surface area contributed by atoms with E-state index in [1.54, 1.807) is 0 Å². The Bertz CT molecular complexity index is 347. The van der Waals surface area contributed by atoms with Crippen LogP contribution in [0.4, 0.5) is 0 Å². The van der Waals surface area contributed by atoms with Gasteiger partial charge < -0.3 is 0 Å². The van der Waals surface area contributed by atoms with Crippen molar-refractivity contribution >= 4 is 31.9 Å². The van der Waals surface area contributed by atoms with Crippen molar-refractivity contribution in [2.45, 2.75) is 57.2 Å². The third-order valence-corrected chi connectivity index (χ3v) is 4.87. The van der Waals surface area contributed by atoms with Gasteiger partial charge in [0.2, 0.25) is 0 Å². The molecule has 0 aliphatic rings. The Morgan fingerprint density at radius 3 is 2.53 bits per heavy atom. The Kier molecular flexibility index (Phi) is 6.78. The van der Waals surface area contributed by atoms with Crippen molar-refractivity contribution in [2.24, 2.45) is 7.05 Å². The largest absolute Gasteiger partial charge is 0.271 e. The van der Waals surface area contributed by atoms with Crippen molar-refractivity contribution in [3.63, 3.8) is 0 Å². The third kappa shape index (κ3) is 4.40. The van der Waals surface area contributed by atoms with Gasteiger partial charge in [-0.05, 0) is 48.0 Å². The van der Waals surface area contributed by atoms with Gasteiger partial charge in [0, 0.05) is 11.9 Å². The zero-order valence-corrected chi connectivity index (χ0v) is 14.1. The van der Waals surface area contributed by atoms with Gasteiger partial charge in [-0.15, -0.1) is 0 Å². The van der Waals surface area contributed by atoms with E-state index in [0.717, 1.165) is 12.8 Å². The van der Waals surface area contributed by atoms with E-state index in [0.29, 0.717) is 4.83 Å². The molecule has 17 heavy (non-hydrogen) atoms. The average molecular weight is 366 g/mol. The van der Waals surface area contributed by atoms with Crippen LogP contribution in [-0.2, 0) is 19.9 Å². The number of hydrogen-bond donors (Lipinski definition) is 0. The lowest BCUT2D eigenvalue weighted by Crippen LogP contribution is -2.02. The van der Waals surface area contributed by atoms with Crippen LogP contribution in [0.3, 0.4) is 0 Å². The first-order chi connectivity index (χ1) is 8.10. The van der Waals surface area contributed by atoms with Crippen LogP contribution < -0.4 is 0 Å². The van der Waals surface area contributed by atoms with Crippen LogP contribution in [0, 0.1) is 0 Å². The lowest BCUT2D eigenvalue weighted by atomic mass is 10.1. The van der Waals surface area contributed by atoms with Crippen molar-refractivity contribution in [2.75, 3.05) is 0 Å². The summed E-state index contributed by atoms with van der Waals surface area (Å²) in [6.07, 6.45) is 7.09. The highest BCUT2D eigenvalue weighted by Gasteiger charge is 2.12. The van der Waals surface area contributed by atoms with Gasteiger partial charge in [-0.1, -0.05) is 36.2 Å². The molecule has 0 amide bonds. The lowest BCUT2D eigenvalue weighted by molar-refractivity contribution is 0.623. The SMILES string of the molecule is CCCC(Br)CCCc1c(Br)c(CC)nn1C. The fourth-order valence-electron chi connectivity index (χ4n) is 2.04. The van der Waals surface area contributed by atoms with E-state index in [2.05, 4.69) is 50.8 Å². The number of aryl methyl sites for hydroxylation is 2. The van der Waals surface area contributed by atoms with Gasteiger partial charge >= 0.3 is 0 Å². The summed E-state index contributed by atoms with van der Waals surface area (Å²) < 4.78 is 3.23. The van der Waals surface area contributed by atoms with Gasteiger partial charge in [0.05, 0.1) is 15.9 Å². The second kappa shape index (κ2) is 7.57. The molecule has 0 aliphatic heterocycles. The Labute approximate surface area is 121 Å². The Hall–Kier alpha value is 0.170. The van der Waals surface area contributed by atoms with E-state index in [-0.39, 0.29) is 0 Å². The van der Waals surface area contributed by atoms with Crippen molar-refractivity contribution < 1.29 is 0 Å². The van der Waals surface area contributed by atoms with Crippen molar-refractivity contribution in [1.29, 1.82) is 0 Å². The van der Waals surface area contributed by atoms with E-state index in [1.807, 2.05) is 11.7 Å². The molecule has 0 radical (unpaired) electrons. The fraction of sp³-hybridized carbons (Fsp3) is 0.769. The molecule has 0 spiro atoms. The van der Waals surface area contributed by atoms with Crippen LogP contribution in [0.15, 0.2) is 4.47 Å². The zero-order chi connectivity index (χ0) is 12.8. The summed E-state index contributed by atoms with van der Waals surface area (Å²) >= 11 is 7.40. The minimum atomic E-state index is 0.671. The number of nitrogens with zero attached hydrogens (tertiary/aromatic N) is 2. The van der Waals surface area contributed by atoms with Gasteiger partial charge in [-0.25, -0.2) is 0 Å². The normalized spacial score (nSPS) is 13.0. The molecule has 1 unspecified atom stereocenters. The first-order valence-electron chi connectivity index (χ1n) is 6.44. The first-order valence-corrected chi connectivity index (χ1v) is 8.15. The first kappa shape index (κ1) is 15.2. The molecular formula is C13H22Br2N2. The molecule has 2 nitrogen and oxygen atoms in total. The van der Waals surface area contributed by atoms with Crippen molar-refractivity contribution in [3.8, 4) is 0 Å². The molecule has 0 saturated carbocycles. The smallest absolute Gasteiger partial charge is 0.0766 e. The number of halogens is 2. The molecule has 0 aromatic carbocycles. The summed E-state index contributed by atoms with van der Waals surface area (Å²) in [5, 5.41) is 4.52. The second-order valence-corrected chi connectivity index (χ2v) is 6.55.